The maximum Gasteiger partial charge on any atom is 0.270 e. The second-order valence-corrected chi connectivity index (χ2v) is 8.60. The number of non-ortho nitro benzene ring substituents is 1. The van der Waals surface area contributed by atoms with Gasteiger partial charge in [-0.2, -0.15) is 0 Å². The van der Waals surface area contributed by atoms with Crippen LogP contribution >= 0.6 is 0 Å². The van der Waals surface area contributed by atoms with E-state index in [0.29, 0.717) is 42.0 Å². The minimum absolute atomic E-state index is 0.0624. The lowest BCUT2D eigenvalue weighted by Gasteiger charge is -2.16. The lowest BCUT2D eigenvalue weighted by molar-refractivity contribution is -0.384. The number of rotatable bonds is 9. The highest BCUT2D eigenvalue weighted by molar-refractivity contribution is 6.37. The van der Waals surface area contributed by atoms with E-state index in [1.807, 2.05) is 54.6 Å². The van der Waals surface area contributed by atoms with E-state index >= 15 is 0 Å². The summed E-state index contributed by atoms with van der Waals surface area (Å²) in [4.78, 5) is 37.3. The van der Waals surface area contributed by atoms with Crippen LogP contribution < -0.4 is 16.0 Å². The first-order chi connectivity index (χ1) is 17.3. The molecule has 2 amide bonds. The topological polar surface area (TPSA) is 117 Å². The first kappa shape index (κ1) is 24.6. The van der Waals surface area contributed by atoms with Crippen LogP contribution in [0.5, 0.6) is 0 Å². The number of nitrogens with zero attached hydrogens (tertiary/aromatic N) is 2. The van der Waals surface area contributed by atoms with E-state index in [1.165, 1.54) is 12.1 Å². The molecule has 0 unspecified atom stereocenters. The summed E-state index contributed by atoms with van der Waals surface area (Å²) >= 11 is 0. The monoisotopic (exact) mass is 485 g/mol. The number of nitro benzene ring substituents is 1. The van der Waals surface area contributed by atoms with Gasteiger partial charge in [0, 0.05) is 62.7 Å². The van der Waals surface area contributed by atoms with Gasteiger partial charge >= 0.3 is 0 Å². The van der Waals surface area contributed by atoms with E-state index in [0.717, 1.165) is 16.8 Å². The molecule has 3 aromatic rings. The molecule has 0 radical (unpaired) electrons. The molecule has 36 heavy (non-hydrogen) atoms. The second-order valence-electron chi connectivity index (χ2n) is 8.60. The van der Waals surface area contributed by atoms with Crippen LogP contribution in [0.1, 0.15) is 23.1 Å². The highest BCUT2D eigenvalue weighted by atomic mass is 16.6. The molecule has 3 aromatic carbocycles. The molecule has 0 bridgehead atoms. The molecular weight excluding hydrogens is 458 g/mol. The summed E-state index contributed by atoms with van der Waals surface area (Å²) in [5.74, 6) is -0.271. The Hall–Kier alpha value is -4.50. The molecule has 1 aliphatic rings. The van der Waals surface area contributed by atoms with Crippen molar-refractivity contribution in [2.24, 2.45) is 0 Å². The van der Waals surface area contributed by atoms with Gasteiger partial charge in [-0.25, -0.2) is 0 Å². The largest absolute Gasteiger partial charge is 0.354 e. The fraction of sp³-hybridized carbons (Fsp3) is 0.185. The predicted molar refractivity (Wildman–Crippen MR) is 140 cm³/mol. The van der Waals surface area contributed by atoms with E-state index < -0.39 is 4.92 Å². The maximum atomic E-state index is 13.0. The van der Waals surface area contributed by atoms with Gasteiger partial charge in [0.2, 0.25) is 5.91 Å². The van der Waals surface area contributed by atoms with Crippen molar-refractivity contribution >= 4 is 40.1 Å². The number of benzene rings is 3. The molecule has 4 rings (SSSR count). The van der Waals surface area contributed by atoms with Crippen LogP contribution in [0.25, 0.3) is 11.3 Å². The van der Waals surface area contributed by atoms with E-state index in [4.69, 9.17) is 0 Å². The fourth-order valence-electron chi connectivity index (χ4n) is 3.96. The number of anilines is 2. The number of carbonyl (C=O) groups is 2. The molecule has 0 atom stereocenters. The third-order valence-electron chi connectivity index (χ3n) is 5.81. The number of fused-ring (bicyclic) bond motifs is 1. The van der Waals surface area contributed by atoms with Crippen LogP contribution in [0.4, 0.5) is 17.1 Å². The Balaban J connectivity index is 1.64. The van der Waals surface area contributed by atoms with Crippen LogP contribution in [0.15, 0.2) is 72.8 Å². The maximum absolute atomic E-state index is 13.0. The third kappa shape index (κ3) is 5.59. The molecule has 3 N–H and O–H groups in total. The summed E-state index contributed by atoms with van der Waals surface area (Å²) in [6.45, 7) is 1.13. The Kier molecular flexibility index (Phi) is 7.41. The molecule has 1 aliphatic heterocycles. The van der Waals surface area contributed by atoms with Crippen LogP contribution in [0.3, 0.4) is 0 Å². The van der Waals surface area contributed by atoms with Gasteiger partial charge in [0.25, 0.3) is 11.6 Å². The average molecular weight is 486 g/mol. The lowest BCUT2D eigenvalue weighted by atomic mass is 9.99. The van der Waals surface area contributed by atoms with Gasteiger partial charge in [-0.15, -0.1) is 0 Å². The van der Waals surface area contributed by atoms with Crippen molar-refractivity contribution in [3.05, 3.63) is 99.6 Å². The van der Waals surface area contributed by atoms with Crippen molar-refractivity contribution in [2.75, 3.05) is 31.3 Å². The number of amides is 2. The van der Waals surface area contributed by atoms with Gasteiger partial charge in [-0.3, -0.25) is 19.7 Å². The first-order valence-electron chi connectivity index (χ1n) is 11.5. The van der Waals surface area contributed by atoms with E-state index in [9.17, 15) is 19.7 Å². The van der Waals surface area contributed by atoms with Crippen LogP contribution in [-0.2, 0) is 16.1 Å². The summed E-state index contributed by atoms with van der Waals surface area (Å²) in [6, 6.07) is 21.5. The van der Waals surface area contributed by atoms with Crippen LogP contribution in [-0.4, -0.2) is 42.3 Å². The minimum Gasteiger partial charge on any atom is -0.354 e. The Morgan fingerprint density at radius 1 is 1.03 bits per heavy atom. The SMILES string of the molecule is CN(C)C(=O)CCNCc1cccc(NC(=C2C(=O)Nc3ccc([N+](=O)[O-])cc32)c2ccccc2)c1. The van der Waals surface area contributed by atoms with E-state index in [1.54, 1.807) is 25.1 Å². The second kappa shape index (κ2) is 10.8. The summed E-state index contributed by atoms with van der Waals surface area (Å²) in [7, 11) is 3.47. The fourth-order valence-corrected chi connectivity index (χ4v) is 3.96. The molecule has 9 nitrogen and oxygen atoms in total. The van der Waals surface area contributed by atoms with E-state index in [2.05, 4.69) is 16.0 Å². The zero-order valence-electron chi connectivity index (χ0n) is 20.1. The smallest absolute Gasteiger partial charge is 0.270 e. The van der Waals surface area contributed by atoms with Gasteiger partial charge in [0.05, 0.1) is 16.2 Å². The molecule has 1 heterocycles. The summed E-state index contributed by atoms with van der Waals surface area (Å²) in [5.41, 5.74) is 4.34. The van der Waals surface area contributed by atoms with Gasteiger partial charge in [-0.1, -0.05) is 42.5 Å². The van der Waals surface area contributed by atoms with Crippen LogP contribution in [0.2, 0.25) is 0 Å². The molecular formula is C27H27N5O4. The van der Waals surface area contributed by atoms with Gasteiger partial charge < -0.3 is 20.9 Å². The number of hydrogen-bond acceptors (Lipinski definition) is 6. The standard InChI is InChI=1S/C27H27N5O4/c1-31(2)24(33)13-14-28-17-18-7-6-10-20(15-18)29-26(19-8-4-3-5-9-19)25-22-16-21(32(35)36)11-12-23(22)30-27(25)34/h3-12,15-16,28-29H,13-14,17H2,1-2H3,(H,30,34). The van der Waals surface area contributed by atoms with Crippen molar-refractivity contribution in [1.29, 1.82) is 0 Å². The van der Waals surface area contributed by atoms with Gasteiger partial charge in [-0.05, 0) is 29.3 Å². The lowest BCUT2D eigenvalue weighted by Crippen LogP contribution is -2.26. The molecule has 0 aliphatic carbocycles. The number of carbonyl (C=O) groups excluding carboxylic acids is 2. The molecule has 0 saturated carbocycles. The van der Waals surface area contributed by atoms with Crippen molar-refractivity contribution in [3.8, 4) is 0 Å². The Labute approximate surface area is 209 Å². The Morgan fingerprint density at radius 3 is 2.53 bits per heavy atom. The summed E-state index contributed by atoms with van der Waals surface area (Å²) < 4.78 is 0. The van der Waals surface area contributed by atoms with Gasteiger partial charge in [0.1, 0.15) is 0 Å². The van der Waals surface area contributed by atoms with Crippen molar-refractivity contribution in [2.45, 2.75) is 13.0 Å². The highest BCUT2D eigenvalue weighted by Crippen LogP contribution is 2.39. The number of hydrogen-bond donors (Lipinski definition) is 3. The number of nitro groups is 1. The zero-order chi connectivity index (χ0) is 25.7. The van der Waals surface area contributed by atoms with Crippen molar-refractivity contribution < 1.29 is 14.5 Å². The zero-order valence-corrected chi connectivity index (χ0v) is 20.1. The van der Waals surface area contributed by atoms with Crippen molar-refractivity contribution in [3.63, 3.8) is 0 Å². The Morgan fingerprint density at radius 2 is 1.81 bits per heavy atom. The minimum atomic E-state index is -0.473. The molecule has 184 valence electrons. The molecule has 9 heteroatoms. The van der Waals surface area contributed by atoms with Crippen molar-refractivity contribution in [1.82, 2.24) is 10.2 Å². The van der Waals surface area contributed by atoms with E-state index in [-0.39, 0.29) is 17.5 Å². The molecule has 0 spiro atoms. The normalized spacial score (nSPS) is 13.6. The van der Waals surface area contributed by atoms with Gasteiger partial charge in [0.15, 0.2) is 0 Å². The average Bonchev–Trinajstić information content (AvgIpc) is 3.20. The predicted octanol–water partition coefficient (Wildman–Crippen LogP) is 4.10. The third-order valence-corrected chi connectivity index (χ3v) is 5.81. The quantitative estimate of drug-likeness (QED) is 0.182. The first-order valence-corrected chi connectivity index (χ1v) is 11.5. The number of nitrogens with one attached hydrogen (secondary N) is 3. The Bertz CT molecular complexity index is 1340. The molecule has 0 saturated heterocycles. The summed E-state index contributed by atoms with van der Waals surface area (Å²) in [5, 5.41) is 20.8. The molecule has 0 fully saturated rings. The molecule has 0 aromatic heterocycles. The highest BCUT2D eigenvalue weighted by Gasteiger charge is 2.30. The summed E-state index contributed by atoms with van der Waals surface area (Å²) in [6.07, 6.45) is 0.413. The van der Waals surface area contributed by atoms with Crippen LogP contribution in [0, 0.1) is 10.1 Å².